The van der Waals surface area contributed by atoms with E-state index in [1.54, 1.807) is 0 Å². The number of allylic oxidation sites excluding steroid dienone is 1. The lowest BCUT2D eigenvalue weighted by Crippen LogP contribution is -2.46. The van der Waals surface area contributed by atoms with Gasteiger partial charge >= 0.3 is 12.2 Å². The van der Waals surface area contributed by atoms with E-state index in [4.69, 9.17) is 6.57 Å². The van der Waals surface area contributed by atoms with Crippen LogP contribution in [0.2, 0.25) is 0 Å². The molecule has 1 aliphatic heterocycles. The average Bonchev–Trinajstić information content (AvgIpc) is 2.85. The van der Waals surface area contributed by atoms with Crippen LogP contribution < -0.4 is 15.5 Å². The molecule has 2 N–H and O–H groups in total. The van der Waals surface area contributed by atoms with Crippen LogP contribution in [0.5, 0.6) is 0 Å². The van der Waals surface area contributed by atoms with Crippen LogP contribution in [0.1, 0.15) is 43.0 Å². The Labute approximate surface area is 217 Å². The molecule has 1 aliphatic rings. The van der Waals surface area contributed by atoms with E-state index in [2.05, 4.69) is 15.5 Å². The largest absolute Gasteiger partial charge is 0.416 e. The molecule has 198 valence electrons. The highest BCUT2D eigenvalue weighted by Crippen LogP contribution is 2.38. The van der Waals surface area contributed by atoms with Crippen molar-refractivity contribution in [3.05, 3.63) is 82.0 Å². The Hall–Kier alpha value is -4.36. The van der Waals surface area contributed by atoms with Crippen molar-refractivity contribution in [1.29, 1.82) is 5.26 Å². The number of sulfone groups is 1. The number of nitrogens with one attached hydrogen (secondary N) is 2. The number of carbonyl (C=O) groups is 2. The van der Waals surface area contributed by atoms with Crippen molar-refractivity contribution in [3.63, 3.8) is 0 Å². The second kappa shape index (κ2) is 10.9. The lowest BCUT2D eigenvalue weighted by molar-refractivity contribution is -0.137. The molecule has 0 aliphatic carbocycles. The third-order valence-electron chi connectivity index (χ3n) is 5.76. The predicted molar refractivity (Wildman–Crippen MR) is 131 cm³/mol. The number of anilines is 1. The molecule has 2 aromatic carbocycles. The fourth-order valence-electron chi connectivity index (χ4n) is 3.98. The Balaban J connectivity index is 2.09. The first-order valence-electron chi connectivity index (χ1n) is 11.2. The summed E-state index contributed by atoms with van der Waals surface area (Å²) in [6.45, 7) is 10.5. The average molecular weight is 546 g/mol. The van der Waals surface area contributed by atoms with Gasteiger partial charge < -0.3 is 10.6 Å². The summed E-state index contributed by atoms with van der Waals surface area (Å²) in [5.74, 6) is -0.713. The SMILES string of the molecule is [C-]#[N+]C1=C(C)N(c2cccc(C(F)(F)F)c2)C(=O)N[C@@H]1c1ccc(C#N)cc1S(=O)(=O)CCCNC(C)=O. The number of carbonyl (C=O) groups excluding carboxylic acids is 2. The zero-order valence-electron chi connectivity index (χ0n) is 20.3. The number of rotatable bonds is 7. The van der Waals surface area contributed by atoms with Crippen molar-refractivity contribution in [2.45, 2.75) is 37.4 Å². The van der Waals surface area contributed by atoms with Gasteiger partial charge in [-0.2, -0.15) is 18.4 Å². The van der Waals surface area contributed by atoms with Gasteiger partial charge in [-0.05, 0) is 49.2 Å². The molecule has 9 nitrogen and oxygen atoms in total. The predicted octanol–water partition coefficient (Wildman–Crippen LogP) is 4.30. The summed E-state index contributed by atoms with van der Waals surface area (Å²) in [6, 6.07) is 7.61. The van der Waals surface area contributed by atoms with Gasteiger partial charge in [-0.1, -0.05) is 12.1 Å². The van der Waals surface area contributed by atoms with Crippen molar-refractivity contribution >= 4 is 27.5 Å². The van der Waals surface area contributed by atoms with Crippen LogP contribution in [-0.2, 0) is 20.8 Å². The molecule has 0 bridgehead atoms. The molecular weight excluding hydrogens is 523 g/mol. The van der Waals surface area contributed by atoms with Crippen molar-refractivity contribution in [2.24, 2.45) is 0 Å². The maximum atomic E-state index is 13.2. The maximum Gasteiger partial charge on any atom is 0.416 e. The lowest BCUT2D eigenvalue weighted by Gasteiger charge is -2.34. The van der Waals surface area contributed by atoms with Gasteiger partial charge in [-0.25, -0.2) is 18.1 Å². The summed E-state index contributed by atoms with van der Waals surface area (Å²) in [6.07, 6.45) is -4.58. The fourth-order valence-corrected chi connectivity index (χ4v) is 5.58. The second-order valence-corrected chi connectivity index (χ2v) is 10.4. The number of alkyl halides is 3. The fraction of sp³-hybridized carbons (Fsp3) is 0.280. The number of nitriles is 1. The molecule has 3 rings (SSSR count). The summed E-state index contributed by atoms with van der Waals surface area (Å²) < 4.78 is 66.2. The first-order valence-corrected chi connectivity index (χ1v) is 12.8. The molecule has 0 spiro atoms. The number of halogens is 3. The number of hydrogen-bond donors (Lipinski definition) is 2. The molecule has 1 heterocycles. The minimum Gasteiger partial charge on any atom is -0.356 e. The van der Waals surface area contributed by atoms with Gasteiger partial charge in [0.1, 0.15) is 0 Å². The van der Waals surface area contributed by atoms with Gasteiger partial charge in [-0.15, -0.1) is 0 Å². The zero-order chi connectivity index (χ0) is 28.3. The third-order valence-corrected chi connectivity index (χ3v) is 7.60. The van der Waals surface area contributed by atoms with Crippen molar-refractivity contribution < 1.29 is 31.2 Å². The summed E-state index contributed by atoms with van der Waals surface area (Å²) >= 11 is 0. The first kappa shape index (κ1) is 28.2. The van der Waals surface area contributed by atoms with E-state index >= 15 is 0 Å². The summed E-state index contributed by atoms with van der Waals surface area (Å²) in [7, 11) is -4.04. The first-order chi connectivity index (χ1) is 17.8. The monoisotopic (exact) mass is 545 g/mol. The normalized spacial score (nSPS) is 15.9. The van der Waals surface area contributed by atoms with Crippen LogP contribution in [-0.4, -0.2) is 32.7 Å². The Morgan fingerprint density at radius 3 is 2.58 bits per heavy atom. The summed E-state index contributed by atoms with van der Waals surface area (Å²) in [4.78, 5) is 28.3. The van der Waals surface area contributed by atoms with E-state index in [0.717, 1.165) is 29.2 Å². The van der Waals surface area contributed by atoms with Crippen LogP contribution in [0, 0.1) is 17.9 Å². The molecule has 0 fully saturated rings. The highest BCUT2D eigenvalue weighted by Gasteiger charge is 2.37. The molecule has 0 saturated heterocycles. The topological polar surface area (TPSA) is 124 Å². The maximum absolute atomic E-state index is 13.2. The van der Waals surface area contributed by atoms with E-state index in [1.807, 2.05) is 6.07 Å². The van der Waals surface area contributed by atoms with Gasteiger partial charge in [0, 0.05) is 24.9 Å². The molecule has 2 aromatic rings. The van der Waals surface area contributed by atoms with E-state index in [9.17, 15) is 36.4 Å². The third kappa shape index (κ3) is 5.95. The number of hydrogen-bond acceptors (Lipinski definition) is 5. The van der Waals surface area contributed by atoms with Gasteiger partial charge in [0.05, 0.1) is 40.5 Å². The number of urea groups is 1. The van der Waals surface area contributed by atoms with Gasteiger partial charge in [-0.3, -0.25) is 9.69 Å². The Bertz CT molecular complexity index is 1500. The summed E-state index contributed by atoms with van der Waals surface area (Å²) in [5, 5.41) is 14.3. The standard InChI is InChI=1S/C25H22F3N5O4S/c1-15-22(30-3)23(32-24(35)33(15)19-7-4-6-18(13-19)25(26,27)28)20-9-8-17(14-29)12-21(20)38(36,37)11-5-10-31-16(2)34/h4,6-9,12-13,23H,5,10-11H2,1-2H3,(H,31,34)(H,32,35)/t23-/m1/s1. The quantitative estimate of drug-likeness (QED) is 0.397. The molecule has 3 amide bonds. The molecule has 13 heteroatoms. The molecular formula is C25H22F3N5O4S. The molecule has 0 aromatic heterocycles. The van der Waals surface area contributed by atoms with E-state index in [0.29, 0.717) is 0 Å². The Kier molecular flexibility index (Phi) is 8.13. The number of benzene rings is 2. The molecule has 0 unspecified atom stereocenters. The highest BCUT2D eigenvalue weighted by atomic mass is 32.2. The number of nitrogens with zero attached hydrogens (tertiary/aromatic N) is 3. The Morgan fingerprint density at radius 1 is 1.26 bits per heavy atom. The minimum atomic E-state index is -4.66. The van der Waals surface area contributed by atoms with Crippen LogP contribution in [0.25, 0.3) is 4.85 Å². The Morgan fingerprint density at radius 2 is 1.97 bits per heavy atom. The highest BCUT2D eigenvalue weighted by molar-refractivity contribution is 7.91. The van der Waals surface area contributed by atoms with Crippen LogP contribution in [0.15, 0.2) is 58.8 Å². The second-order valence-electron chi connectivity index (χ2n) is 8.37. The smallest absolute Gasteiger partial charge is 0.356 e. The van der Waals surface area contributed by atoms with E-state index < -0.39 is 33.6 Å². The van der Waals surface area contributed by atoms with Crippen molar-refractivity contribution in [2.75, 3.05) is 17.2 Å². The molecule has 38 heavy (non-hydrogen) atoms. The van der Waals surface area contributed by atoms with E-state index in [-0.39, 0.29) is 57.7 Å². The van der Waals surface area contributed by atoms with Gasteiger partial charge in [0.2, 0.25) is 11.6 Å². The van der Waals surface area contributed by atoms with Crippen LogP contribution in [0.3, 0.4) is 0 Å². The van der Waals surface area contributed by atoms with Crippen molar-refractivity contribution in [3.8, 4) is 6.07 Å². The summed E-state index contributed by atoms with van der Waals surface area (Å²) in [5.41, 5.74) is -1.13. The van der Waals surface area contributed by atoms with Gasteiger partial charge in [0.25, 0.3) is 0 Å². The molecule has 0 radical (unpaired) electrons. The number of amides is 3. The van der Waals surface area contributed by atoms with Crippen LogP contribution >= 0.6 is 0 Å². The van der Waals surface area contributed by atoms with Crippen molar-refractivity contribution in [1.82, 2.24) is 10.6 Å². The van der Waals surface area contributed by atoms with Crippen LogP contribution in [0.4, 0.5) is 23.7 Å². The van der Waals surface area contributed by atoms with E-state index in [1.165, 1.54) is 32.0 Å². The minimum absolute atomic E-state index is 0.0199. The molecule has 0 saturated carbocycles. The lowest BCUT2D eigenvalue weighted by atomic mass is 9.99. The van der Waals surface area contributed by atoms with Gasteiger partial charge in [0.15, 0.2) is 9.84 Å². The zero-order valence-corrected chi connectivity index (χ0v) is 21.1. The molecule has 1 atom stereocenters.